The number of nitrogens with one attached hydrogen (secondary N) is 2. The summed E-state index contributed by atoms with van der Waals surface area (Å²) in [6, 6.07) is 19.8. The molecule has 0 bridgehead atoms. The molecular weight excluding hydrogens is 708 g/mol. The zero-order chi connectivity index (χ0) is 38.2. The van der Waals surface area contributed by atoms with Gasteiger partial charge in [-0.25, -0.2) is 15.0 Å². The molecule has 3 amide bonds. The van der Waals surface area contributed by atoms with Crippen LogP contribution in [0.15, 0.2) is 84.0 Å². The van der Waals surface area contributed by atoms with Gasteiger partial charge >= 0.3 is 0 Å². The number of aromatic nitrogens is 4. The van der Waals surface area contributed by atoms with Gasteiger partial charge in [-0.2, -0.15) is 0 Å². The van der Waals surface area contributed by atoms with Crippen molar-refractivity contribution in [1.29, 1.82) is 0 Å². The molecule has 1 unspecified atom stereocenters. The maximum Gasteiger partial charge on any atom is 0.269 e. The number of carbonyl (C=O) groups excluding carboxylic acids is 3. The first-order valence-electron chi connectivity index (χ1n) is 18.2. The van der Waals surface area contributed by atoms with E-state index < -0.39 is 5.60 Å². The molecule has 54 heavy (non-hydrogen) atoms. The van der Waals surface area contributed by atoms with E-state index in [1.807, 2.05) is 49.3 Å². The number of piperidine rings is 1. The fourth-order valence-corrected chi connectivity index (χ4v) is 6.95. The molecule has 1 saturated heterocycles. The largest absolute Gasteiger partial charge is 0.388 e. The van der Waals surface area contributed by atoms with E-state index in [-0.39, 0.29) is 41.4 Å². The second kappa shape index (κ2) is 17.3. The summed E-state index contributed by atoms with van der Waals surface area (Å²) in [5.74, 6) is -0.778. The van der Waals surface area contributed by atoms with Crippen LogP contribution in [0.4, 0.5) is 5.69 Å². The SMILES string of the molecule is CN(C)CCC(=O)Nc1ccc2c(=O)n(CC3(O)CCN(C(=O)C(CCCNC(=O)c4ccc5c(Cl)ccnc5n4)Cc4ccccc4)CC3)cnc2c1. The Morgan fingerprint density at radius 3 is 2.52 bits per heavy atom. The molecule has 3 N–H and O–H groups in total. The van der Waals surface area contributed by atoms with Gasteiger partial charge in [0, 0.05) is 55.8 Å². The number of carbonyl (C=O) groups is 3. The molecule has 0 saturated carbocycles. The Balaban J connectivity index is 1.05. The number of pyridine rings is 2. The van der Waals surface area contributed by atoms with Gasteiger partial charge in [-0.1, -0.05) is 41.9 Å². The molecule has 5 aromatic rings. The van der Waals surface area contributed by atoms with E-state index in [0.717, 1.165) is 5.56 Å². The predicted molar refractivity (Wildman–Crippen MR) is 208 cm³/mol. The van der Waals surface area contributed by atoms with Gasteiger partial charge in [0.25, 0.3) is 11.5 Å². The molecule has 1 fully saturated rings. The lowest BCUT2D eigenvalue weighted by Gasteiger charge is -2.39. The van der Waals surface area contributed by atoms with Crippen LogP contribution in [0.3, 0.4) is 0 Å². The highest BCUT2D eigenvalue weighted by atomic mass is 35.5. The van der Waals surface area contributed by atoms with E-state index in [9.17, 15) is 24.3 Å². The van der Waals surface area contributed by atoms with Gasteiger partial charge in [0.2, 0.25) is 11.8 Å². The minimum Gasteiger partial charge on any atom is -0.388 e. The molecule has 3 aromatic heterocycles. The highest BCUT2D eigenvalue weighted by Crippen LogP contribution is 2.27. The quantitative estimate of drug-likeness (QED) is 0.140. The van der Waals surface area contributed by atoms with Gasteiger partial charge in [0.1, 0.15) is 5.69 Å². The van der Waals surface area contributed by atoms with Crippen LogP contribution in [-0.2, 0) is 22.6 Å². The summed E-state index contributed by atoms with van der Waals surface area (Å²) < 4.78 is 1.42. The van der Waals surface area contributed by atoms with Crippen molar-refractivity contribution in [1.82, 2.24) is 34.6 Å². The van der Waals surface area contributed by atoms with E-state index >= 15 is 0 Å². The molecule has 0 radical (unpaired) electrons. The van der Waals surface area contributed by atoms with Crippen molar-refractivity contribution >= 4 is 56.9 Å². The summed E-state index contributed by atoms with van der Waals surface area (Å²) in [5, 5.41) is 18.9. The van der Waals surface area contributed by atoms with Gasteiger partial charge in [0.05, 0.1) is 34.4 Å². The van der Waals surface area contributed by atoms with E-state index in [2.05, 4.69) is 25.6 Å². The van der Waals surface area contributed by atoms with Crippen molar-refractivity contribution in [2.75, 3.05) is 45.6 Å². The van der Waals surface area contributed by atoms with Crippen LogP contribution < -0.4 is 16.2 Å². The molecule has 282 valence electrons. The zero-order valence-electron chi connectivity index (χ0n) is 30.5. The molecular formula is C40H45ClN8O5. The summed E-state index contributed by atoms with van der Waals surface area (Å²) in [6.45, 7) is 1.71. The second-order valence-corrected chi connectivity index (χ2v) is 14.6. The van der Waals surface area contributed by atoms with Crippen molar-refractivity contribution in [2.24, 2.45) is 5.92 Å². The van der Waals surface area contributed by atoms with Crippen LogP contribution in [0, 0.1) is 5.92 Å². The van der Waals surface area contributed by atoms with Crippen LogP contribution in [0.5, 0.6) is 0 Å². The minimum absolute atomic E-state index is 0.000488. The lowest BCUT2D eigenvalue weighted by Crippen LogP contribution is -2.51. The molecule has 1 aliphatic heterocycles. The molecule has 2 aromatic carbocycles. The van der Waals surface area contributed by atoms with Gasteiger partial charge in [-0.15, -0.1) is 0 Å². The van der Waals surface area contributed by atoms with Crippen molar-refractivity contribution in [3.8, 4) is 0 Å². The second-order valence-electron chi connectivity index (χ2n) is 14.2. The van der Waals surface area contributed by atoms with E-state index in [0.29, 0.717) is 97.4 Å². The number of nitrogens with zero attached hydrogens (tertiary/aromatic N) is 6. The van der Waals surface area contributed by atoms with Crippen molar-refractivity contribution < 1.29 is 19.5 Å². The molecule has 0 aliphatic carbocycles. The Bertz CT molecular complexity index is 2190. The highest BCUT2D eigenvalue weighted by molar-refractivity contribution is 6.35. The third-order valence-electron chi connectivity index (χ3n) is 9.84. The molecule has 1 atom stereocenters. The standard InChI is InChI=1S/C40H45ClN8O5/c1-47(2)20-15-35(50)45-29-10-11-31-34(24-29)44-26-49(39(31)53)25-40(54)16-21-48(22-17-40)38(52)28(23-27-7-4-3-5-8-27)9-6-18-43-37(51)33-13-12-30-32(41)14-19-42-36(30)46-33/h3-5,7-8,10-14,19,24,26,28,54H,6,9,15-18,20-23,25H2,1-2H3,(H,43,51)(H,45,50). The van der Waals surface area contributed by atoms with Gasteiger partial charge < -0.3 is 25.5 Å². The Morgan fingerprint density at radius 2 is 1.76 bits per heavy atom. The van der Waals surface area contributed by atoms with Crippen LogP contribution in [0.2, 0.25) is 5.02 Å². The summed E-state index contributed by atoms with van der Waals surface area (Å²) in [5.41, 5.74) is 1.20. The van der Waals surface area contributed by atoms with Gasteiger partial charge in [0.15, 0.2) is 5.65 Å². The number of anilines is 1. The molecule has 14 heteroatoms. The minimum atomic E-state index is -1.20. The van der Waals surface area contributed by atoms with Gasteiger partial charge in [-0.05, 0) is 88.2 Å². The number of rotatable bonds is 14. The number of fused-ring (bicyclic) bond motifs is 2. The lowest BCUT2D eigenvalue weighted by atomic mass is 9.88. The first-order chi connectivity index (χ1) is 26.0. The van der Waals surface area contributed by atoms with Crippen LogP contribution in [0.25, 0.3) is 21.9 Å². The number of likely N-dealkylation sites (tertiary alicyclic amines) is 1. The Morgan fingerprint density at radius 1 is 1.00 bits per heavy atom. The number of amides is 3. The average molecular weight is 753 g/mol. The Labute approximate surface area is 318 Å². The van der Waals surface area contributed by atoms with Crippen molar-refractivity contribution in [2.45, 2.75) is 50.7 Å². The first kappa shape index (κ1) is 38.5. The van der Waals surface area contributed by atoms with Crippen LogP contribution in [0.1, 0.15) is 48.2 Å². The van der Waals surface area contributed by atoms with E-state index in [1.165, 1.54) is 10.9 Å². The van der Waals surface area contributed by atoms with Crippen LogP contribution >= 0.6 is 11.6 Å². The maximum atomic E-state index is 14.0. The number of aliphatic hydroxyl groups is 1. The molecule has 0 spiro atoms. The molecule has 13 nitrogen and oxygen atoms in total. The summed E-state index contributed by atoms with van der Waals surface area (Å²) in [6.07, 6.45) is 5.59. The number of benzene rings is 2. The first-order valence-corrected chi connectivity index (χ1v) is 18.5. The molecule has 6 rings (SSSR count). The monoisotopic (exact) mass is 752 g/mol. The Kier molecular flexibility index (Phi) is 12.3. The number of halogens is 1. The third-order valence-corrected chi connectivity index (χ3v) is 10.2. The van der Waals surface area contributed by atoms with Crippen molar-refractivity contribution in [3.05, 3.63) is 106 Å². The maximum absolute atomic E-state index is 14.0. The van der Waals surface area contributed by atoms with E-state index in [1.54, 1.807) is 47.5 Å². The van der Waals surface area contributed by atoms with E-state index in [4.69, 9.17) is 11.6 Å². The summed E-state index contributed by atoms with van der Waals surface area (Å²) in [4.78, 5) is 69.3. The average Bonchev–Trinajstić information content (AvgIpc) is 3.16. The predicted octanol–water partition coefficient (Wildman–Crippen LogP) is 4.31. The topological polar surface area (TPSA) is 163 Å². The van der Waals surface area contributed by atoms with Gasteiger partial charge in [-0.3, -0.25) is 23.7 Å². The summed E-state index contributed by atoms with van der Waals surface area (Å²) in [7, 11) is 3.80. The smallest absolute Gasteiger partial charge is 0.269 e. The fraction of sp³-hybridized carbons (Fsp3) is 0.375. The lowest BCUT2D eigenvalue weighted by molar-refractivity contribution is -0.140. The third kappa shape index (κ3) is 9.64. The normalized spacial score (nSPS) is 14.6. The number of hydrogen-bond acceptors (Lipinski definition) is 9. The Hall–Kier alpha value is -5.24. The molecule has 1 aliphatic rings. The summed E-state index contributed by atoms with van der Waals surface area (Å²) >= 11 is 6.21. The van der Waals surface area contributed by atoms with Crippen LogP contribution in [-0.4, -0.2) is 98.0 Å². The zero-order valence-corrected chi connectivity index (χ0v) is 31.3. The fourth-order valence-electron chi connectivity index (χ4n) is 6.75. The highest BCUT2D eigenvalue weighted by Gasteiger charge is 2.36. The van der Waals surface area contributed by atoms with Crippen molar-refractivity contribution in [3.63, 3.8) is 0 Å². The number of hydrogen-bond donors (Lipinski definition) is 3. The molecule has 4 heterocycles.